The van der Waals surface area contributed by atoms with Crippen molar-refractivity contribution in [1.82, 2.24) is 5.32 Å². The van der Waals surface area contributed by atoms with Crippen molar-refractivity contribution in [3.63, 3.8) is 0 Å². The lowest BCUT2D eigenvalue weighted by atomic mass is 10.0. The lowest BCUT2D eigenvalue weighted by Crippen LogP contribution is -2.43. The van der Waals surface area contributed by atoms with Gasteiger partial charge in [-0.25, -0.2) is 4.79 Å². The Labute approximate surface area is 114 Å². The first-order valence-corrected chi connectivity index (χ1v) is 6.59. The van der Waals surface area contributed by atoms with Crippen LogP contribution >= 0.6 is 0 Å². The van der Waals surface area contributed by atoms with Crippen molar-refractivity contribution in [2.75, 3.05) is 6.61 Å². The van der Waals surface area contributed by atoms with E-state index < -0.39 is 5.60 Å². The fourth-order valence-corrected chi connectivity index (χ4v) is 1.89. The zero-order valence-electron chi connectivity index (χ0n) is 11.7. The van der Waals surface area contributed by atoms with E-state index in [2.05, 4.69) is 5.32 Å². The Hall–Kier alpha value is -1.55. The molecule has 4 heteroatoms. The second-order valence-corrected chi connectivity index (χ2v) is 5.81. The predicted octanol–water partition coefficient (Wildman–Crippen LogP) is 2.52. The molecular formula is C15H21NO3. The number of hydrogen-bond donors (Lipinski definition) is 1. The van der Waals surface area contributed by atoms with Crippen LogP contribution in [-0.2, 0) is 15.9 Å². The molecule has 1 aromatic carbocycles. The summed E-state index contributed by atoms with van der Waals surface area (Å²) in [6.07, 6.45) is 0.474. The molecule has 0 saturated carbocycles. The van der Waals surface area contributed by atoms with Crippen LogP contribution in [0.1, 0.15) is 26.3 Å². The van der Waals surface area contributed by atoms with Crippen molar-refractivity contribution in [3.05, 3.63) is 35.9 Å². The van der Waals surface area contributed by atoms with Crippen LogP contribution in [0.2, 0.25) is 0 Å². The summed E-state index contributed by atoms with van der Waals surface area (Å²) in [7, 11) is 0. The minimum atomic E-state index is -0.480. The molecule has 0 aliphatic carbocycles. The molecule has 0 aromatic heterocycles. The van der Waals surface area contributed by atoms with Crippen LogP contribution in [0.4, 0.5) is 4.79 Å². The maximum Gasteiger partial charge on any atom is 0.407 e. The Bertz CT molecular complexity index is 421. The van der Waals surface area contributed by atoms with Crippen LogP contribution in [0.5, 0.6) is 0 Å². The molecule has 1 aliphatic rings. The van der Waals surface area contributed by atoms with Crippen LogP contribution in [0.25, 0.3) is 0 Å². The molecule has 0 unspecified atom stereocenters. The van der Waals surface area contributed by atoms with Gasteiger partial charge in [-0.1, -0.05) is 30.3 Å². The minimum absolute atomic E-state index is 0.0303. The van der Waals surface area contributed by atoms with Gasteiger partial charge in [0.25, 0.3) is 0 Å². The van der Waals surface area contributed by atoms with Crippen LogP contribution in [-0.4, -0.2) is 30.4 Å². The molecule has 19 heavy (non-hydrogen) atoms. The summed E-state index contributed by atoms with van der Waals surface area (Å²) < 4.78 is 10.6. The third-order valence-electron chi connectivity index (χ3n) is 2.81. The Morgan fingerprint density at radius 1 is 1.42 bits per heavy atom. The highest BCUT2D eigenvalue weighted by Crippen LogP contribution is 2.18. The highest BCUT2D eigenvalue weighted by atomic mass is 16.6. The standard InChI is InChI=1S/C15H21NO3/c1-15(2,3)19-14(17)16-12(13-10-18-13)9-11-7-5-4-6-8-11/h4-8,12-13H,9-10H2,1-3H3,(H,16,17)/t12-,13+/m0/s1. The highest BCUT2D eigenvalue weighted by molar-refractivity contribution is 5.68. The number of ether oxygens (including phenoxy) is 2. The molecule has 4 nitrogen and oxygen atoms in total. The van der Waals surface area contributed by atoms with E-state index in [1.54, 1.807) is 0 Å². The van der Waals surface area contributed by atoms with Crippen LogP contribution in [0.15, 0.2) is 30.3 Å². The average molecular weight is 263 g/mol. The largest absolute Gasteiger partial charge is 0.444 e. The van der Waals surface area contributed by atoms with Crippen LogP contribution in [0.3, 0.4) is 0 Å². The Balaban J connectivity index is 1.92. The normalized spacial score (nSPS) is 19.6. The van der Waals surface area contributed by atoms with E-state index in [0.717, 1.165) is 6.42 Å². The number of amides is 1. The van der Waals surface area contributed by atoms with Crippen molar-refractivity contribution in [1.29, 1.82) is 0 Å². The Morgan fingerprint density at radius 2 is 2.05 bits per heavy atom. The van der Waals surface area contributed by atoms with Gasteiger partial charge in [-0.2, -0.15) is 0 Å². The molecule has 0 bridgehead atoms. The zero-order valence-corrected chi connectivity index (χ0v) is 11.7. The van der Waals surface area contributed by atoms with Gasteiger partial charge in [-0.05, 0) is 32.8 Å². The van der Waals surface area contributed by atoms with Crippen molar-refractivity contribution >= 4 is 6.09 Å². The Kier molecular flexibility index (Phi) is 4.10. The molecule has 1 amide bonds. The van der Waals surface area contributed by atoms with E-state index >= 15 is 0 Å². The van der Waals surface area contributed by atoms with Gasteiger partial charge in [-0.15, -0.1) is 0 Å². The van der Waals surface area contributed by atoms with E-state index in [1.807, 2.05) is 51.1 Å². The number of epoxide rings is 1. The number of rotatable bonds is 4. The molecule has 0 spiro atoms. The van der Waals surface area contributed by atoms with Crippen molar-refractivity contribution < 1.29 is 14.3 Å². The SMILES string of the molecule is CC(C)(C)OC(=O)N[C@@H](Cc1ccccc1)[C@H]1CO1. The van der Waals surface area contributed by atoms with E-state index in [0.29, 0.717) is 6.61 Å². The van der Waals surface area contributed by atoms with Crippen LogP contribution < -0.4 is 5.32 Å². The monoisotopic (exact) mass is 263 g/mol. The van der Waals surface area contributed by atoms with Gasteiger partial charge in [0.15, 0.2) is 0 Å². The molecule has 1 aliphatic heterocycles. The third kappa shape index (κ3) is 4.91. The quantitative estimate of drug-likeness (QED) is 0.849. The number of nitrogens with one attached hydrogen (secondary N) is 1. The lowest BCUT2D eigenvalue weighted by Gasteiger charge is -2.23. The third-order valence-corrected chi connectivity index (χ3v) is 2.81. The summed E-state index contributed by atoms with van der Waals surface area (Å²) in [4.78, 5) is 11.8. The molecular weight excluding hydrogens is 242 g/mol. The van der Waals surface area contributed by atoms with Crippen molar-refractivity contribution in [2.45, 2.75) is 44.9 Å². The zero-order chi connectivity index (χ0) is 13.9. The van der Waals surface area contributed by atoms with Crippen molar-refractivity contribution in [2.24, 2.45) is 0 Å². The van der Waals surface area contributed by atoms with Gasteiger partial charge in [0.1, 0.15) is 11.7 Å². The van der Waals surface area contributed by atoms with Gasteiger partial charge in [-0.3, -0.25) is 0 Å². The first-order chi connectivity index (χ1) is 8.94. The maximum absolute atomic E-state index is 11.8. The molecule has 1 aromatic rings. The highest BCUT2D eigenvalue weighted by Gasteiger charge is 2.34. The molecule has 104 valence electrons. The van der Waals surface area contributed by atoms with E-state index in [-0.39, 0.29) is 18.2 Å². The molecule has 1 N–H and O–H groups in total. The lowest BCUT2D eigenvalue weighted by molar-refractivity contribution is 0.0495. The average Bonchev–Trinajstić information content (AvgIpc) is 3.10. The first-order valence-electron chi connectivity index (χ1n) is 6.59. The minimum Gasteiger partial charge on any atom is -0.444 e. The smallest absolute Gasteiger partial charge is 0.407 e. The van der Waals surface area contributed by atoms with Crippen LogP contribution in [0, 0.1) is 0 Å². The fourth-order valence-electron chi connectivity index (χ4n) is 1.89. The summed E-state index contributed by atoms with van der Waals surface area (Å²) in [6.45, 7) is 6.26. The van der Waals surface area contributed by atoms with E-state index in [4.69, 9.17) is 9.47 Å². The maximum atomic E-state index is 11.8. The van der Waals surface area contributed by atoms with Gasteiger partial charge in [0.05, 0.1) is 12.6 Å². The molecule has 2 rings (SSSR count). The molecule has 1 heterocycles. The number of hydrogen-bond acceptors (Lipinski definition) is 3. The second kappa shape index (κ2) is 5.61. The summed E-state index contributed by atoms with van der Waals surface area (Å²) in [5.74, 6) is 0. The number of alkyl carbamates (subject to hydrolysis) is 1. The number of benzene rings is 1. The van der Waals surface area contributed by atoms with Gasteiger partial charge in [0, 0.05) is 0 Å². The molecule has 1 fully saturated rings. The Morgan fingerprint density at radius 3 is 2.58 bits per heavy atom. The van der Waals surface area contributed by atoms with Gasteiger partial charge < -0.3 is 14.8 Å². The topological polar surface area (TPSA) is 50.9 Å². The summed E-state index contributed by atoms with van der Waals surface area (Å²) >= 11 is 0. The number of carbonyl (C=O) groups excluding carboxylic acids is 1. The van der Waals surface area contributed by atoms with E-state index in [9.17, 15) is 4.79 Å². The van der Waals surface area contributed by atoms with Crippen molar-refractivity contribution in [3.8, 4) is 0 Å². The summed E-state index contributed by atoms with van der Waals surface area (Å²) in [5, 5.41) is 2.90. The fraction of sp³-hybridized carbons (Fsp3) is 0.533. The number of carbonyl (C=O) groups is 1. The summed E-state index contributed by atoms with van der Waals surface area (Å²) in [5.41, 5.74) is 0.699. The van der Waals surface area contributed by atoms with Gasteiger partial charge >= 0.3 is 6.09 Å². The predicted molar refractivity (Wildman–Crippen MR) is 73.0 cm³/mol. The molecule has 1 saturated heterocycles. The van der Waals surface area contributed by atoms with E-state index in [1.165, 1.54) is 5.56 Å². The first kappa shape index (κ1) is 13.9. The summed E-state index contributed by atoms with van der Waals surface area (Å²) in [6, 6.07) is 10.0. The molecule has 2 atom stereocenters. The van der Waals surface area contributed by atoms with Gasteiger partial charge in [0.2, 0.25) is 0 Å². The molecule has 0 radical (unpaired) electrons. The second-order valence-electron chi connectivity index (χ2n) is 5.81.